The van der Waals surface area contributed by atoms with E-state index in [2.05, 4.69) is 5.32 Å². The van der Waals surface area contributed by atoms with Crippen LogP contribution in [0.4, 0.5) is 10.1 Å². The number of ether oxygens (including phenoxy) is 1. The Balaban J connectivity index is 1.55. The van der Waals surface area contributed by atoms with Crippen molar-refractivity contribution in [1.29, 1.82) is 0 Å². The number of carbonyl (C=O) groups excluding carboxylic acids is 1. The largest absolute Gasteiger partial charge is 0.385 e. The minimum Gasteiger partial charge on any atom is -0.385 e. The summed E-state index contributed by atoms with van der Waals surface area (Å²) in [6.45, 7) is 2.51. The predicted molar refractivity (Wildman–Crippen MR) is 94.2 cm³/mol. The molecule has 4 nitrogen and oxygen atoms in total. The molecule has 0 saturated carbocycles. The second-order valence-corrected chi connectivity index (χ2v) is 6.52. The van der Waals surface area contributed by atoms with Gasteiger partial charge in [0.1, 0.15) is 11.9 Å². The number of benzene rings is 2. The van der Waals surface area contributed by atoms with E-state index in [0.717, 1.165) is 41.8 Å². The zero-order chi connectivity index (χ0) is 17.2. The Bertz CT molecular complexity index is 776. The minimum atomic E-state index is -0.268. The van der Waals surface area contributed by atoms with Crippen LogP contribution >= 0.6 is 0 Å². The fraction of sp³-hybridized carbons (Fsp3) is 0.350. The molecule has 2 aliphatic rings. The normalized spacial score (nSPS) is 19.9. The highest BCUT2D eigenvalue weighted by atomic mass is 19.1. The molecule has 1 unspecified atom stereocenters. The number of hydrogen-bond acceptors (Lipinski definition) is 3. The standard InChI is InChI=1S/C20H21FN2O2/c21-15-8-6-14(7-9-15)19-13-23(11-12-25-19)20(24)17-3-1-5-18-16(17)4-2-10-22-18/h1,3,5-9,19,22H,2,4,10-13H2. The topological polar surface area (TPSA) is 41.6 Å². The summed E-state index contributed by atoms with van der Waals surface area (Å²) in [5.74, 6) is -0.216. The quantitative estimate of drug-likeness (QED) is 0.911. The Kier molecular flexibility index (Phi) is 4.40. The summed E-state index contributed by atoms with van der Waals surface area (Å²) in [6.07, 6.45) is 1.75. The number of anilines is 1. The van der Waals surface area contributed by atoms with Gasteiger partial charge in [0.15, 0.2) is 0 Å². The monoisotopic (exact) mass is 340 g/mol. The van der Waals surface area contributed by atoms with Crippen molar-refractivity contribution in [3.05, 3.63) is 65.0 Å². The van der Waals surface area contributed by atoms with Crippen molar-refractivity contribution < 1.29 is 13.9 Å². The number of fused-ring (bicyclic) bond motifs is 1. The van der Waals surface area contributed by atoms with Crippen LogP contribution < -0.4 is 5.32 Å². The number of morpholine rings is 1. The highest BCUT2D eigenvalue weighted by molar-refractivity contribution is 5.97. The van der Waals surface area contributed by atoms with Gasteiger partial charge in [0.05, 0.1) is 13.2 Å². The summed E-state index contributed by atoms with van der Waals surface area (Å²) in [5, 5.41) is 3.37. The van der Waals surface area contributed by atoms with Gasteiger partial charge in [-0.1, -0.05) is 18.2 Å². The van der Waals surface area contributed by atoms with E-state index in [1.165, 1.54) is 12.1 Å². The van der Waals surface area contributed by atoms with Crippen molar-refractivity contribution in [3.63, 3.8) is 0 Å². The Hall–Kier alpha value is -2.40. The molecule has 2 aromatic carbocycles. The van der Waals surface area contributed by atoms with Crippen molar-refractivity contribution in [2.75, 3.05) is 31.6 Å². The van der Waals surface area contributed by atoms with Crippen molar-refractivity contribution in [1.82, 2.24) is 4.90 Å². The van der Waals surface area contributed by atoms with E-state index in [1.807, 2.05) is 23.1 Å². The number of amides is 1. The lowest BCUT2D eigenvalue weighted by Crippen LogP contribution is -2.42. The summed E-state index contributed by atoms with van der Waals surface area (Å²) < 4.78 is 18.9. The van der Waals surface area contributed by atoms with E-state index >= 15 is 0 Å². The third-order valence-corrected chi connectivity index (χ3v) is 4.92. The predicted octanol–water partition coefficient (Wildman–Crippen LogP) is 3.40. The van der Waals surface area contributed by atoms with Gasteiger partial charge in [0, 0.05) is 24.3 Å². The lowest BCUT2D eigenvalue weighted by molar-refractivity contribution is -0.0228. The number of nitrogens with zero attached hydrogens (tertiary/aromatic N) is 1. The van der Waals surface area contributed by atoms with Gasteiger partial charge in [-0.15, -0.1) is 0 Å². The molecule has 1 N–H and O–H groups in total. The highest BCUT2D eigenvalue weighted by Crippen LogP contribution is 2.28. The highest BCUT2D eigenvalue weighted by Gasteiger charge is 2.28. The maximum absolute atomic E-state index is 13.1. The molecular formula is C20H21FN2O2. The Morgan fingerprint density at radius 1 is 1.20 bits per heavy atom. The zero-order valence-electron chi connectivity index (χ0n) is 14.0. The minimum absolute atomic E-state index is 0.0518. The Morgan fingerprint density at radius 2 is 2.04 bits per heavy atom. The molecule has 0 spiro atoms. The number of carbonyl (C=O) groups is 1. The van der Waals surface area contributed by atoms with Gasteiger partial charge in [-0.05, 0) is 48.2 Å². The first kappa shape index (κ1) is 16.1. The molecule has 1 saturated heterocycles. The van der Waals surface area contributed by atoms with E-state index in [0.29, 0.717) is 19.7 Å². The van der Waals surface area contributed by atoms with Crippen LogP contribution in [0.2, 0.25) is 0 Å². The van der Waals surface area contributed by atoms with Crippen LogP contribution in [-0.4, -0.2) is 37.0 Å². The first-order valence-corrected chi connectivity index (χ1v) is 8.74. The smallest absolute Gasteiger partial charge is 0.254 e. The second kappa shape index (κ2) is 6.84. The van der Waals surface area contributed by atoms with Crippen molar-refractivity contribution in [2.45, 2.75) is 18.9 Å². The van der Waals surface area contributed by atoms with Crippen LogP contribution in [0.3, 0.4) is 0 Å². The molecule has 0 bridgehead atoms. The van der Waals surface area contributed by atoms with Crippen molar-refractivity contribution >= 4 is 11.6 Å². The fourth-order valence-electron chi connectivity index (χ4n) is 3.59. The first-order valence-electron chi connectivity index (χ1n) is 8.74. The first-order chi connectivity index (χ1) is 12.2. The molecule has 5 heteroatoms. The molecular weight excluding hydrogens is 319 g/mol. The third kappa shape index (κ3) is 3.24. The average Bonchev–Trinajstić information content (AvgIpc) is 2.68. The molecule has 4 rings (SSSR count). The molecule has 2 aliphatic heterocycles. The molecule has 2 heterocycles. The van der Waals surface area contributed by atoms with Gasteiger partial charge in [0.2, 0.25) is 0 Å². The van der Waals surface area contributed by atoms with Gasteiger partial charge in [-0.2, -0.15) is 0 Å². The van der Waals surface area contributed by atoms with Gasteiger partial charge in [0.25, 0.3) is 5.91 Å². The Morgan fingerprint density at radius 3 is 2.88 bits per heavy atom. The summed E-state index contributed by atoms with van der Waals surface area (Å²) in [5.41, 5.74) is 3.86. The van der Waals surface area contributed by atoms with Crippen LogP contribution in [0, 0.1) is 5.82 Å². The Labute approximate surface area is 146 Å². The van der Waals surface area contributed by atoms with Crippen molar-refractivity contribution in [2.24, 2.45) is 0 Å². The molecule has 130 valence electrons. The SMILES string of the molecule is O=C(c1cccc2c1CCCN2)N1CCOC(c2ccc(F)cc2)C1. The fourth-order valence-corrected chi connectivity index (χ4v) is 3.59. The number of halogens is 1. The maximum Gasteiger partial charge on any atom is 0.254 e. The molecule has 2 aromatic rings. The van der Waals surface area contributed by atoms with E-state index in [9.17, 15) is 9.18 Å². The van der Waals surface area contributed by atoms with Gasteiger partial charge in [-0.3, -0.25) is 4.79 Å². The summed E-state index contributed by atoms with van der Waals surface area (Å²) in [6, 6.07) is 12.2. The van der Waals surface area contributed by atoms with Crippen LogP contribution in [0.25, 0.3) is 0 Å². The zero-order valence-corrected chi connectivity index (χ0v) is 14.0. The summed E-state index contributed by atoms with van der Waals surface area (Å²) in [4.78, 5) is 14.9. The van der Waals surface area contributed by atoms with Crippen LogP contribution in [0.5, 0.6) is 0 Å². The second-order valence-electron chi connectivity index (χ2n) is 6.52. The van der Waals surface area contributed by atoms with E-state index in [4.69, 9.17) is 4.74 Å². The van der Waals surface area contributed by atoms with Crippen molar-refractivity contribution in [3.8, 4) is 0 Å². The number of rotatable bonds is 2. The molecule has 0 aromatic heterocycles. The van der Waals surface area contributed by atoms with Gasteiger partial charge >= 0.3 is 0 Å². The van der Waals surface area contributed by atoms with E-state index in [1.54, 1.807) is 12.1 Å². The van der Waals surface area contributed by atoms with Crippen LogP contribution in [0.1, 0.15) is 34.0 Å². The van der Waals surface area contributed by atoms with Gasteiger partial charge in [-0.25, -0.2) is 4.39 Å². The summed E-state index contributed by atoms with van der Waals surface area (Å²) in [7, 11) is 0. The lowest BCUT2D eigenvalue weighted by Gasteiger charge is -2.34. The molecule has 0 aliphatic carbocycles. The lowest BCUT2D eigenvalue weighted by atomic mass is 9.96. The third-order valence-electron chi connectivity index (χ3n) is 4.92. The van der Waals surface area contributed by atoms with Crippen LogP contribution in [0.15, 0.2) is 42.5 Å². The molecule has 1 fully saturated rings. The maximum atomic E-state index is 13.1. The van der Waals surface area contributed by atoms with Gasteiger partial charge < -0.3 is 15.0 Å². The summed E-state index contributed by atoms with van der Waals surface area (Å²) >= 11 is 0. The molecule has 0 radical (unpaired) electrons. The molecule has 1 amide bonds. The van der Waals surface area contributed by atoms with Crippen LogP contribution in [-0.2, 0) is 11.2 Å². The van der Waals surface area contributed by atoms with E-state index < -0.39 is 0 Å². The molecule has 1 atom stereocenters. The van der Waals surface area contributed by atoms with E-state index in [-0.39, 0.29) is 17.8 Å². The average molecular weight is 340 g/mol. The number of hydrogen-bond donors (Lipinski definition) is 1. The number of nitrogens with one attached hydrogen (secondary N) is 1. The molecule has 25 heavy (non-hydrogen) atoms.